The molecule has 0 saturated heterocycles. The molecule has 0 aliphatic rings. The van der Waals surface area contributed by atoms with Crippen LogP contribution < -0.4 is 5.32 Å². The van der Waals surface area contributed by atoms with Crippen LogP contribution in [0.3, 0.4) is 0 Å². The second-order valence-corrected chi connectivity index (χ2v) is 5.95. The Labute approximate surface area is 132 Å². The van der Waals surface area contributed by atoms with Crippen LogP contribution >= 0.6 is 31.9 Å². The van der Waals surface area contributed by atoms with E-state index in [0.29, 0.717) is 18.2 Å². The zero-order valence-corrected chi connectivity index (χ0v) is 13.9. The molecule has 0 radical (unpaired) electrons. The quantitative estimate of drug-likeness (QED) is 0.688. The molecule has 0 spiro atoms. The first-order chi connectivity index (χ1) is 9.29. The fourth-order valence-electron chi connectivity index (χ4n) is 1.72. The van der Waals surface area contributed by atoms with Crippen molar-refractivity contribution < 1.29 is 18.0 Å². The summed E-state index contributed by atoms with van der Waals surface area (Å²) in [7, 11) is 0. The smallest absolute Gasteiger partial charge is 0.349 e. The van der Waals surface area contributed by atoms with Crippen LogP contribution in [0.2, 0.25) is 0 Å². The van der Waals surface area contributed by atoms with E-state index in [0.717, 1.165) is 6.07 Å². The van der Waals surface area contributed by atoms with E-state index in [4.69, 9.17) is 0 Å². The minimum absolute atomic E-state index is 0.147. The molecule has 1 amide bonds. The molecule has 0 heterocycles. The summed E-state index contributed by atoms with van der Waals surface area (Å²) in [6.07, 6.45) is -3.23. The lowest BCUT2D eigenvalue weighted by Crippen LogP contribution is -2.35. The molecule has 1 rings (SSSR count). The monoisotopic (exact) mass is 415 g/mol. The van der Waals surface area contributed by atoms with Crippen LogP contribution in [0.5, 0.6) is 0 Å². The Morgan fingerprint density at radius 3 is 2.55 bits per heavy atom. The maximum Gasteiger partial charge on any atom is 0.417 e. The fourth-order valence-corrected chi connectivity index (χ4v) is 2.64. The van der Waals surface area contributed by atoms with Gasteiger partial charge in [-0.1, -0.05) is 38.8 Å². The maximum atomic E-state index is 12.9. The van der Waals surface area contributed by atoms with Gasteiger partial charge in [-0.05, 0) is 31.0 Å². The number of carbonyl (C=O) groups is 1. The lowest BCUT2D eigenvalue weighted by Gasteiger charge is -2.18. The molecule has 1 N–H and O–H groups in total. The van der Waals surface area contributed by atoms with Gasteiger partial charge in [0.05, 0.1) is 11.1 Å². The highest BCUT2D eigenvalue weighted by molar-refractivity contribution is 9.10. The largest absolute Gasteiger partial charge is 0.417 e. The highest BCUT2D eigenvalue weighted by Crippen LogP contribution is 2.33. The van der Waals surface area contributed by atoms with Crippen molar-refractivity contribution in [3.63, 3.8) is 0 Å². The molecule has 7 heteroatoms. The molecule has 1 aromatic carbocycles. The fraction of sp³-hybridized carbons (Fsp3) is 0.462. The van der Waals surface area contributed by atoms with Crippen molar-refractivity contribution >= 4 is 37.8 Å². The van der Waals surface area contributed by atoms with Crippen LogP contribution in [0.4, 0.5) is 13.2 Å². The average molecular weight is 417 g/mol. The molecule has 20 heavy (non-hydrogen) atoms. The Balaban J connectivity index is 3.04. The lowest BCUT2D eigenvalue weighted by atomic mass is 10.1. The predicted octanol–water partition coefficient (Wildman–Crippen LogP) is 4.76. The molecule has 1 unspecified atom stereocenters. The summed E-state index contributed by atoms with van der Waals surface area (Å²) >= 11 is 6.24. The van der Waals surface area contributed by atoms with Gasteiger partial charge in [0.1, 0.15) is 0 Å². The SMILES string of the molecule is CCC(CCBr)NC(=O)c1ccc(Br)cc1C(F)(F)F. The van der Waals surface area contributed by atoms with Gasteiger partial charge in [0, 0.05) is 15.8 Å². The van der Waals surface area contributed by atoms with Crippen LogP contribution in [0.1, 0.15) is 35.7 Å². The van der Waals surface area contributed by atoms with Gasteiger partial charge >= 0.3 is 6.18 Å². The summed E-state index contributed by atoms with van der Waals surface area (Å²) in [5.74, 6) is -0.697. The number of rotatable bonds is 5. The van der Waals surface area contributed by atoms with E-state index in [2.05, 4.69) is 37.2 Å². The minimum Gasteiger partial charge on any atom is -0.349 e. The first-order valence-electron chi connectivity index (χ1n) is 6.03. The van der Waals surface area contributed by atoms with Crippen LogP contribution in [0.15, 0.2) is 22.7 Å². The van der Waals surface area contributed by atoms with E-state index in [1.807, 2.05) is 6.92 Å². The van der Waals surface area contributed by atoms with Crippen molar-refractivity contribution in [3.8, 4) is 0 Å². The molecule has 1 aromatic rings. The van der Waals surface area contributed by atoms with Gasteiger partial charge in [-0.15, -0.1) is 0 Å². The van der Waals surface area contributed by atoms with E-state index in [1.165, 1.54) is 12.1 Å². The zero-order valence-electron chi connectivity index (χ0n) is 10.7. The summed E-state index contributed by atoms with van der Waals surface area (Å²) in [6.45, 7) is 1.87. The Hall–Kier alpha value is -0.560. The first-order valence-corrected chi connectivity index (χ1v) is 7.94. The summed E-state index contributed by atoms with van der Waals surface area (Å²) < 4.78 is 39.1. The Kier molecular flexibility index (Phi) is 6.51. The molecule has 2 nitrogen and oxygen atoms in total. The van der Waals surface area contributed by atoms with Crippen molar-refractivity contribution in [2.75, 3.05) is 5.33 Å². The van der Waals surface area contributed by atoms with Crippen LogP contribution in [-0.4, -0.2) is 17.3 Å². The van der Waals surface area contributed by atoms with E-state index < -0.39 is 17.6 Å². The lowest BCUT2D eigenvalue weighted by molar-refractivity contribution is -0.138. The van der Waals surface area contributed by atoms with Gasteiger partial charge in [0.15, 0.2) is 0 Å². The molecule has 0 fully saturated rings. The number of carbonyl (C=O) groups excluding carboxylic acids is 1. The number of nitrogens with one attached hydrogen (secondary N) is 1. The Morgan fingerprint density at radius 1 is 1.40 bits per heavy atom. The molecule has 1 atom stereocenters. The summed E-state index contributed by atoms with van der Waals surface area (Å²) in [6, 6.07) is 3.38. The zero-order chi connectivity index (χ0) is 15.3. The van der Waals surface area contributed by atoms with Crippen LogP contribution in [-0.2, 0) is 6.18 Å². The molecule has 0 bridgehead atoms. The molecule has 0 aliphatic heterocycles. The van der Waals surface area contributed by atoms with Gasteiger partial charge in [-0.25, -0.2) is 0 Å². The number of benzene rings is 1. The van der Waals surface area contributed by atoms with Crippen molar-refractivity contribution in [2.24, 2.45) is 0 Å². The number of halogens is 5. The van der Waals surface area contributed by atoms with Crippen LogP contribution in [0, 0.1) is 0 Å². The van der Waals surface area contributed by atoms with E-state index in [1.54, 1.807) is 0 Å². The van der Waals surface area contributed by atoms with Gasteiger partial charge in [-0.3, -0.25) is 4.79 Å². The number of amides is 1. The normalized spacial score (nSPS) is 13.1. The Morgan fingerprint density at radius 2 is 2.05 bits per heavy atom. The highest BCUT2D eigenvalue weighted by atomic mass is 79.9. The number of hydrogen-bond acceptors (Lipinski definition) is 1. The van der Waals surface area contributed by atoms with Gasteiger partial charge in [0.2, 0.25) is 0 Å². The molecule has 112 valence electrons. The third kappa shape index (κ3) is 4.77. The van der Waals surface area contributed by atoms with Gasteiger partial charge in [-0.2, -0.15) is 13.2 Å². The molecular formula is C13H14Br2F3NO. The summed E-state index contributed by atoms with van der Waals surface area (Å²) in [5, 5.41) is 3.31. The van der Waals surface area contributed by atoms with Crippen molar-refractivity contribution in [1.82, 2.24) is 5.32 Å². The number of hydrogen-bond donors (Lipinski definition) is 1. The van der Waals surface area contributed by atoms with Crippen molar-refractivity contribution in [2.45, 2.75) is 32.0 Å². The second kappa shape index (κ2) is 7.45. The van der Waals surface area contributed by atoms with E-state index in [9.17, 15) is 18.0 Å². The topological polar surface area (TPSA) is 29.1 Å². The van der Waals surface area contributed by atoms with Crippen molar-refractivity contribution in [1.29, 1.82) is 0 Å². The van der Waals surface area contributed by atoms with Gasteiger partial charge in [0.25, 0.3) is 5.91 Å². The van der Waals surface area contributed by atoms with Crippen molar-refractivity contribution in [3.05, 3.63) is 33.8 Å². The molecule has 0 aliphatic carbocycles. The standard InChI is InChI=1S/C13H14Br2F3NO/c1-2-9(5-6-14)19-12(20)10-4-3-8(15)7-11(10)13(16,17)18/h3-4,7,9H,2,5-6H2,1H3,(H,19,20). The summed E-state index contributed by atoms with van der Waals surface area (Å²) in [5.41, 5.74) is -1.29. The van der Waals surface area contributed by atoms with Gasteiger partial charge < -0.3 is 5.32 Å². The molecular weight excluding hydrogens is 403 g/mol. The second-order valence-electron chi connectivity index (χ2n) is 4.24. The van der Waals surface area contributed by atoms with Crippen LogP contribution in [0.25, 0.3) is 0 Å². The third-order valence-corrected chi connectivity index (χ3v) is 3.77. The summed E-state index contributed by atoms with van der Waals surface area (Å²) in [4.78, 5) is 12.0. The third-order valence-electron chi connectivity index (χ3n) is 2.82. The Bertz CT molecular complexity index is 477. The predicted molar refractivity (Wildman–Crippen MR) is 79.1 cm³/mol. The average Bonchev–Trinajstić information content (AvgIpc) is 2.36. The highest BCUT2D eigenvalue weighted by Gasteiger charge is 2.35. The van der Waals surface area contributed by atoms with E-state index >= 15 is 0 Å². The number of alkyl halides is 4. The van der Waals surface area contributed by atoms with E-state index in [-0.39, 0.29) is 16.1 Å². The molecule has 0 aromatic heterocycles. The first kappa shape index (κ1) is 17.5. The maximum absolute atomic E-state index is 12.9. The molecule has 0 saturated carbocycles. The minimum atomic E-state index is -4.56.